The summed E-state index contributed by atoms with van der Waals surface area (Å²) in [7, 11) is 0. The Morgan fingerprint density at radius 1 is 1.18 bits per heavy atom. The summed E-state index contributed by atoms with van der Waals surface area (Å²) >= 11 is 1.27. The van der Waals surface area contributed by atoms with Gasteiger partial charge < -0.3 is 5.32 Å². The van der Waals surface area contributed by atoms with E-state index < -0.39 is 17.5 Å². The van der Waals surface area contributed by atoms with Crippen molar-refractivity contribution in [3.63, 3.8) is 0 Å². The fraction of sp³-hybridized carbons (Fsp3) is 0.280. The molecule has 5 rings (SSSR count). The molecule has 1 atom stereocenters. The number of nitrogens with one attached hydrogen (secondary N) is 1. The Labute approximate surface area is 200 Å². The monoisotopic (exact) mass is 478 g/mol. The highest BCUT2D eigenvalue weighted by Crippen LogP contribution is 2.42. The van der Waals surface area contributed by atoms with Gasteiger partial charge in [-0.25, -0.2) is 14.2 Å². The summed E-state index contributed by atoms with van der Waals surface area (Å²) in [6.45, 7) is 1.60. The summed E-state index contributed by atoms with van der Waals surface area (Å²) in [5, 5.41) is 5.01. The molecule has 3 aromatic rings. The molecule has 1 N–H and O–H groups in total. The van der Waals surface area contributed by atoms with E-state index in [1.165, 1.54) is 28.4 Å². The summed E-state index contributed by atoms with van der Waals surface area (Å²) in [5.41, 5.74) is 1.28. The summed E-state index contributed by atoms with van der Waals surface area (Å²) in [6, 6.07) is 14.9. The molecule has 4 amide bonds. The van der Waals surface area contributed by atoms with Gasteiger partial charge in [-0.15, -0.1) is 11.3 Å². The Hall–Kier alpha value is -3.59. The second kappa shape index (κ2) is 8.64. The lowest BCUT2D eigenvalue weighted by atomic mass is 9.96. The molecule has 2 heterocycles. The van der Waals surface area contributed by atoms with Gasteiger partial charge in [0.05, 0.1) is 12.2 Å². The molecule has 7 nitrogen and oxygen atoms in total. The minimum absolute atomic E-state index is 0.113. The molecule has 1 aliphatic carbocycles. The number of amides is 4. The van der Waals surface area contributed by atoms with Crippen molar-refractivity contribution in [2.24, 2.45) is 5.92 Å². The van der Waals surface area contributed by atoms with Gasteiger partial charge in [0, 0.05) is 10.9 Å². The maximum absolute atomic E-state index is 13.5. The van der Waals surface area contributed by atoms with E-state index in [-0.39, 0.29) is 30.7 Å². The van der Waals surface area contributed by atoms with Crippen molar-refractivity contribution in [2.45, 2.75) is 31.8 Å². The number of halogens is 1. The summed E-state index contributed by atoms with van der Waals surface area (Å²) in [4.78, 5) is 46.1. The molecule has 0 unspecified atom stereocenters. The number of imide groups is 1. The average molecular weight is 479 g/mol. The zero-order chi connectivity index (χ0) is 23.9. The van der Waals surface area contributed by atoms with Gasteiger partial charge in [-0.3, -0.25) is 19.4 Å². The van der Waals surface area contributed by atoms with E-state index >= 15 is 0 Å². The van der Waals surface area contributed by atoms with Gasteiger partial charge in [0.2, 0.25) is 5.91 Å². The Bertz CT molecular complexity index is 1240. The molecule has 1 aliphatic heterocycles. The number of anilines is 1. The van der Waals surface area contributed by atoms with Crippen molar-refractivity contribution in [1.29, 1.82) is 0 Å². The van der Waals surface area contributed by atoms with Crippen LogP contribution in [-0.4, -0.2) is 39.8 Å². The van der Waals surface area contributed by atoms with Crippen LogP contribution in [0, 0.1) is 11.7 Å². The van der Waals surface area contributed by atoms with Crippen LogP contribution < -0.4 is 10.2 Å². The van der Waals surface area contributed by atoms with E-state index in [0.29, 0.717) is 10.8 Å². The number of hydrogen-bond acceptors (Lipinski definition) is 5. The first kappa shape index (κ1) is 22.2. The van der Waals surface area contributed by atoms with Gasteiger partial charge >= 0.3 is 6.03 Å². The number of benzene rings is 2. The topological polar surface area (TPSA) is 82.6 Å². The first-order valence-corrected chi connectivity index (χ1v) is 11.9. The largest absolute Gasteiger partial charge is 0.325 e. The fourth-order valence-electron chi connectivity index (χ4n) is 4.19. The Morgan fingerprint density at radius 3 is 2.56 bits per heavy atom. The minimum atomic E-state index is -0.946. The van der Waals surface area contributed by atoms with Crippen LogP contribution in [-0.2, 0) is 16.1 Å². The molecule has 9 heteroatoms. The van der Waals surface area contributed by atoms with E-state index in [1.54, 1.807) is 24.4 Å². The molecule has 2 fully saturated rings. The molecule has 0 spiro atoms. The van der Waals surface area contributed by atoms with Crippen LogP contribution in [0.25, 0.3) is 11.3 Å². The number of urea groups is 1. The molecule has 174 valence electrons. The molecule has 1 saturated carbocycles. The van der Waals surface area contributed by atoms with Crippen molar-refractivity contribution in [2.75, 3.05) is 11.4 Å². The second-order valence-electron chi connectivity index (χ2n) is 8.79. The number of thiazole rings is 1. The number of carbonyl (C=O) groups is 3. The maximum Gasteiger partial charge on any atom is 0.325 e. The van der Waals surface area contributed by atoms with Crippen LogP contribution in [0.3, 0.4) is 0 Å². The lowest BCUT2D eigenvalue weighted by molar-refractivity contribution is -0.134. The average Bonchev–Trinajstić information content (AvgIpc) is 3.55. The number of nitrogens with zero attached hydrogens (tertiary/aromatic N) is 3. The van der Waals surface area contributed by atoms with Crippen molar-refractivity contribution in [3.05, 3.63) is 71.4 Å². The van der Waals surface area contributed by atoms with E-state index in [1.807, 2.05) is 30.3 Å². The molecular formula is C25H23FN4O3S. The van der Waals surface area contributed by atoms with Crippen LogP contribution in [0.5, 0.6) is 0 Å². The van der Waals surface area contributed by atoms with E-state index in [9.17, 15) is 18.8 Å². The van der Waals surface area contributed by atoms with Crippen LogP contribution >= 0.6 is 11.3 Å². The first-order valence-electron chi connectivity index (χ1n) is 11.0. The molecule has 0 radical (unpaired) electrons. The van der Waals surface area contributed by atoms with Crippen LogP contribution in [0.1, 0.15) is 25.3 Å². The third-order valence-electron chi connectivity index (χ3n) is 6.34. The van der Waals surface area contributed by atoms with Crippen molar-refractivity contribution >= 4 is 34.3 Å². The molecule has 0 bridgehead atoms. The van der Waals surface area contributed by atoms with Crippen LogP contribution in [0.4, 0.5) is 14.3 Å². The Balaban J connectivity index is 1.41. The molecule has 34 heavy (non-hydrogen) atoms. The lowest BCUT2D eigenvalue weighted by Crippen LogP contribution is -2.47. The highest BCUT2D eigenvalue weighted by Gasteiger charge is 2.56. The zero-order valence-corrected chi connectivity index (χ0v) is 19.3. The zero-order valence-electron chi connectivity index (χ0n) is 18.5. The SMILES string of the molecule is C[C@]1(C2CC2)NC(=O)N(CC(=O)N(Cc2ccccc2)c2nc(-c3ccc(F)cc3)cs2)C1=O. The Kier molecular flexibility index (Phi) is 5.65. The first-order chi connectivity index (χ1) is 16.3. The van der Waals surface area contributed by atoms with Crippen LogP contribution in [0.2, 0.25) is 0 Å². The van der Waals surface area contributed by atoms with Gasteiger partial charge in [-0.1, -0.05) is 30.3 Å². The quantitative estimate of drug-likeness (QED) is 0.516. The highest BCUT2D eigenvalue weighted by molar-refractivity contribution is 7.14. The number of hydrogen-bond donors (Lipinski definition) is 1. The van der Waals surface area contributed by atoms with Gasteiger partial charge in [0.15, 0.2) is 5.13 Å². The smallest absolute Gasteiger partial charge is 0.323 e. The number of aromatic nitrogens is 1. The fourth-order valence-corrected chi connectivity index (χ4v) is 5.04. The van der Waals surface area contributed by atoms with Gasteiger partial charge in [0.1, 0.15) is 17.9 Å². The van der Waals surface area contributed by atoms with Gasteiger partial charge in [0.25, 0.3) is 5.91 Å². The summed E-state index contributed by atoms with van der Waals surface area (Å²) in [5.74, 6) is -1.000. The molecule has 2 aromatic carbocycles. The maximum atomic E-state index is 13.5. The van der Waals surface area contributed by atoms with E-state index in [2.05, 4.69) is 10.3 Å². The number of carbonyl (C=O) groups excluding carboxylic acids is 3. The normalized spacial score (nSPS) is 19.9. The second-order valence-corrected chi connectivity index (χ2v) is 9.62. The molecule has 1 saturated heterocycles. The molecular weight excluding hydrogens is 455 g/mol. The predicted octanol–water partition coefficient (Wildman–Crippen LogP) is 4.20. The van der Waals surface area contributed by atoms with E-state index in [4.69, 9.17) is 0 Å². The molecule has 2 aliphatic rings. The number of rotatable bonds is 7. The van der Waals surface area contributed by atoms with Gasteiger partial charge in [-0.05, 0) is 55.5 Å². The van der Waals surface area contributed by atoms with Crippen LogP contribution in [0.15, 0.2) is 60.0 Å². The van der Waals surface area contributed by atoms with Gasteiger partial charge in [-0.2, -0.15) is 0 Å². The Morgan fingerprint density at radius 2 is 1.88 bits per heavy atom. The molecule has 1 aromatic heterocycles. The highest BCUT2D eigenvalue weighted by atomic mass is 32.1. The summed E-state index contributed by atoms with van der Waals surface area (Å²) < 4.78 is 13.3. The third-order valence-corrected chi connectivity index (χ3v) is 7.20. The lowest BCUT2D eigenvalue weighted by Gasteiger charge is -2.24. The van der Waals surface area contributed by atoms with Crippen molar-refractivity contribution in [1.82, 2.24) is 15.2 Å². The minimum Gasteiger partial charge on any atom is -0.323 e. The van der Waals surface area contributed by atoms with E-state index in [0.717, 1.165) is 28.9 Å². The standard InChI is InChI=1S/C25H23FN4O3S/c1-25(18-9-10-18)22(32)30(23(33)28-25)14-21(31)29(13-16-5-3-2-4-6-16)24-27-20(15-34-24)17-7-11-19(26)12-8-17/h2-8,11-12,15,18H,9-10,13-14H2,1H3,(H,28,33)/t25-/m1/s1. The van der Waals surface area contributed by atoms with Crippen molar-refractivity contribution in [3.8, 4) is 11.3 Å². The third kappa shape index (κ3) is 4.19. The predicted molar refractivity (Wildman–Crippen MR) is 127 cm³/mol. The summed E-state index contributed by atoms with van der Waals surface area (Å²) in [6.07, 6.45) is 1.77. The van der Waals surface area contributed by atoms with Crippen molar-refractivity contribution < 1.29 is 18.8 Å².